The van der Waals surface area contributed by atoms with Gasteiger partial charge in [0.05, 0.1) is 0 Å². The Morgan fingerprint density at radius 3 is 2.00 bits per heavy atom. The second kappa shape index (κ2) is 4.60. The third-order valence-electron chi connectivity index (χ3n) is 1.13. The van der Waals surface area contributed by atoms with E-state index in [0.29, 0.717) is 0 Å². The van der Waals surface area contributed by atoms with Crippen LogP contribution in [-0.4, -0.2) is 0 Å². The molecule has 0 aliphatic rings. The van der Waals surface area contributed by atoms with E-state index in [-0.39, 0.29) is 17.1 Å². The molecule has 0 nitrogen and oxygen atoms in total. The van der Waals surface area contributed by atoms with E-state index in [2.05, 4.69) is 19.1 Å². The monoisotopic (exact) mass is 168 g/mol. The van der Waals surface area contributed by atoms with Crippen molar-refractivity contribution in [3.8, 4) is 0 Å². The van der Waals surface area contributed by atoms with Crippen LogP contribution in [0.3, 0.4) is 0 Å². The van der Waals surface area contributed by atoms with Gasteiger partial charge in [-0.1, -0.05) is 35.9 Å². The van der Waals surface area contributed by atoms with E-state index in [0.717, 1.165) is 6.42 Å². The summed E-state index contributed by atoms with van der Waals surface area (Å²) in [5.74, 6) is 0. The Hall–Kier alpha value is -0.261. The van der Waals surface area contributed by atoms with E-state index in [4.69, 9.17) is 0 Å². The molecule has 0 bridgehead atoms. The summed E-state index contributed by atoms with van der Waals surface area (Å²) in [5.41, 5.74) is 1.30. The van der Waals surface area contributed by atoms with Crippen LogP contribution in [0.5, 0.6) is 0 Å². The topological polar surface area (TPSA) is 0 Å². The van der Waals surface area contributed by atoms with Crippen molar-refractivity contribution in [3.05, 3.63) is 42.8 Å². The van der Waals surface area contributed by atoms with Crippen molar-refractivity contribution in [2.75, 3.05) is 0 Å². The zero-order valence-corrected chi connectivity index (χ0v) is 6.04. The van der Waals surface area contributed by atoms with Gasteiger partial charge in [0.2, 0.25) is 0 Å². The van der Waals surface area contributed by atoms with Gasteiger partial charge in [-0.05, 0) is 0 Å². The molecule has 1 rings (SSSR count). The molecule has 1 aromatic carbocycles. The molecule has 0 aromatic heterocycles. The standard InChI is InChI=1S/C8H9.Cu/c1-2-8-6-4-3-5-7-8;/h3-7H,1-2H2;/q-1;+1. The van der Waals surface area contributed by atoms with Crippen LogP contribution in [0.15, 0.2) is 30.3 Å². The molecule has 0 N–H and O–H groups in total. The zero-order valence-electron chi connectivity index (χ0n) is 5.10. The fourth-order valence-corrected chi connectivity index (χ4v) is 0.645. The maximum absolute atomic E-state index is 3.76. The molecule has 0 atom stereocenters. The molecule has 0 fully saturated rings. The fourth-order valence-electron chi connectivity index (χ4n) is 0.645. The predicted molar refractivity (Wildman–Crippen MR) is 35.5 cm³/mol. The number of hydrogen-bond acceptors (Lipinski definition) is 0. The van der Waals surface area contributed by atoms with Crippen LogP contribution in [0, 0.1) is 6.92 Å². The minimum atomic E-state index is 0. The predicted octanol–water partition coefficient (Wildman–Crippen LogP) is 2.06. The van der Waals surface area contributed by atoms with Crippen LogP contribution in [-0.2, 0) is 23.5 Å². The van der Waals surface area contributed by atoms with E-state index in [9.17, 15) is 0 Å². The Balaban J connectivity index is 0.000000640. The van der Waals surface area contributed by atoms with Crippen LogP contribution in [0.1, 0.15) is 5.56 Å². The molecule has 1 aromatic rings. The Morgan fingerprint density at radius 2 is 1.67 bits per heavy atom. The summed E-state index contributed by atoms with van der Waals surface area (Å²) in [4.78, 5) is 0. The van der Waals surface area contributed by atoms with Crippen molar-refractivity contribution in [2.45, 2.75) is 6.42 Å². The fraction of sp³-hybridized carbons (Fsp3) is 0.125. The smallest absolute Gasteiger partial charge is 0.339 e. The van der Waals surface area contributed by atoms with E-state index in [1.165, 1.54) is 5.56 Å². The molecule has 0 unspecified atom stereocenters. The van der Waals surface area contributed by atoms with Crippen LogP contribution in [0.4, 0.5) is 0 Å². The number of rotatable bonds is 1. The van der Waals surface area contributed by atoms with Crippen LogP contribution >= 0.6 is 0 Å². The van der Waals surface area contributed by atoms with E-state index in [1.807, 2.05) is 18.2 Å². The molecule has 0 aliphatic carbocycles. The maximum Gasteiger partial charge on any atom is 1.00 e. The molecular formula is C8H9Cu. The third kappa shape index (κ3) is 2.69. The van der Waals surface area contributed by atoms with Gasteiger partial charge in [0.25, 0.3) is 0 Å². The second-order valence-corrected chi connectivity index (χ2v) is 1.74. The van der Waals surface area contributed by atoms with Crippen molar-refractivity contribution < 1.29 is 17.1 Å². The second-order valence-electron chi connectivity index (χ2n) is 1.74. The van der Waals surface area contributed by atoms with Gasteiger partial charge in [-0.25, -0.2) is 0 Å². The summed E-state index contributed by atoms with van der Waals surface area (Å²) < 4.78 is 0. The Kier molecular flexibility index (Phi) is 4.47. The molecule has 0 amide bonds. The van der Waals surface area contributed by atoms with E-state index < -0.39 is 0 Å². The largest absolute Gasteiger partial charge is 1.00 e. The average molecular weight is 169 g/mol. The van der Waals surface area contributed by atoms with Gasteiger partial charge in [0.1, 0.15) is 0 Å². The molecule has 52 valence electrons. The Labute approximate surface area is 66.8 Å². The first-order chi connectivity index (χ1) is 3.93. The van der Waals surface area contributed by atoms with Crippen LogP contribution in [0.25, 0.3) is 0 Å². The maximum atomic E-state index is 3.76. The van der Waals surface area contributed by atoms with Crippen molar-refractivity contribution >= 4 is 0 Å². The van der Waals surface area contributed by atoms with Crippen LogP contribution < -0.4 is 0 Å². The van der Waals surface area contributed by atoms with Crippen molar-refractivity contribution in [2.24, 2.45) is 0 Å². The summed E-state index contributed by atoms with van der Waals surface area (Å²) in [6.07, 6.45) is 0.890. The van der Waals surface area contributed by atoms with Gasteiger partial charge in [-0.3, -0.25) is 0 Å². The first-order valence-electron chi connectivity index (χ1n) is 2.76. The minimum absolute atomic E-state index is 0. The minimum Gasteiger partial charge on any atom is -0.339 e. The SMILES string of the molecule is [CH2-]Cc1ccccc1.[Cu+]. The van der Waals surface area contributed by atoms with Gasteiger partial charge in [-0.2, -0.15) is 6.42 Å². The van der Waals surface area contributed by atoms with Gasteiger partial charge in [0, 0.05) is 0 Å². The van der Waals surface area contributed by atoms with Crippen LogP contribution in [0.2, 0.25) is 0 Å². The normalized spacial score (nSPS) is 8.11. The van der Waals surface area contributed by atoms with E-state index in [1.54, 1.807) is 0 Å². The molecule has 9 heavy (non-hydrogen) atoms. The molecule has 0 saturated heterocycles. The summed E-state index contributed by atoms with van der Waals surface area (Å²) in [6, 6.07) is 10.2. The van der Waals surface area contributed by atoms with Gasteiger partial charge in [0.15, 0.2) is 0 Å². The van der Waals surface area contributed by atoms with Gasteiger partial charge < -0.3 is 6.92 Å². The Morgan fingerprint density at radius 1 is 1.11 bits per heavy atom. The number of benzene rings is 1. The molecule has 0 spiro atoms. The molecule has 0 heterocycles. The molecule has 0 aliphatic heterocycles. The van der Waals surface area contributed by atoms with E-state index >= 15 is 0 Å². The molecule has 0 radical (unpaired) electrons. The summed E-state index contributed by atoms with van der Waals surface area (Å²) in [6.45, 7) is 3.76. The summed E-state index contributed by atoms with van der Waals surface area (Å²) >= 11 is 0. The molecular weight excluding hydrogens is 160 g/mol. The third-order valence-corrected chi connectivity index (χ3v) is 1.13. The molecule has 1 heteroatoms. The first-order valence-corrected chi connectivity index (χ1v) is 2.76. The van der Waals surface area contributed by atoms with Gasteiger partial charge >= 0.3 is 17.1 Å². The molecule has 0 saturated carbocycles. The average Bonchev–Trinajstić information content (AvgIpc) is 1.90. The Bertz CT molecular complexity index is 146. The summed E-state index contributed by atoms with van der Waals surface area (Å²) in [5, 5.41) is 0. The van der Waals surface area contributed by atoms with Crippen molar-refractivity contribution in [1.29, 1.82) is 0 Å². The quantitative estimate of drug-likeness (QED) is 0.445. The van der Waals surface area contributed by atoms with Gasteiger partial charge in [-0.15, -0.1) is 0 Å². The first kappa shape index (κ1) is 8.74. The number of hydrogen-bond donors (Lipinski definition) is 0. The summed E-state index contributed by atoms with van der Waals surface area (Å²) in [7, 11) is 0. The zero-order chi connectivity index (χ0) is 5.82. The van der Waals surface area contributed by atoms with Crippen molar-refractivity contribution in [1.82, 2.24) is 0 Å². The van der Waals surface area contributed by atoms with Crippen molar-refractivity contribution in [3.63, 3.8) is 0 Å².